The minimum atomic E-state index is -0.608. The van der Waals surface area contributed by atoms with Crippen molar-refractivity contribution >= 4 is 17.7 Å². The van der Waals surface area contributed by atoms with E-state index in [1.54, 1.807) is 37.8 Å². The average Bonchev–Trinajstić information content (AvgIpc) is 3.35. The highest BCUT2D eigenvalue weighted by Gasteiger charge is 2.41. The molecule has 5 rings (SSSR count). The third-order valence-electron chi connectivity index (χ3n) is 5.55. The van der Waals surface area contributed by atoms with Crippen molar-refractivity contribution in [2.24, 2.45) is 5.92 Å². The number of nitrogens with zero attached hydrogens (tertiary/aromatic N) is 4. The van der Waals surface area contributed by atoms with Crippen LogP contribution in [0.5, 0.6) is 0 Å². The molecule has 2 unspecified atom stereocenters. The lowest BCUT2D eigenvalue weighted by molar-refractivity contribution is 0.0635. The Bertz CT molecular complexity index is 1150. The quantitative estimate of drug-likeness (QED) is 0.698. The minimum absolute atomic E-state index is 0.0207. The van der Waals surface area contributed by atoms with Gasteiger partial charge in [0.05, 0.1) is 30.2 Å². The summed E-state index contributed by atoms with van der Waals surface area (Å²) in [6.45, 7) is 5.98. The lowest BCUT2D eigenvalue weighted by Crippen LogP contribution is -2.33. The van der Waals surface area contributed by atoms with Gasteiger partial charge < -0.3 is 9.30 Å². The second-order valence-electron chi connectivity index (χ2n) is 8.74. The number of ether oxygens (including phenoxy) is 1. The number of fused-ring (bicyclic) bond motifs is 4. The number of benzene rings is 1. The second kappa shape index (κ2) is 6.55. The number of nitrogens with one attached hydrogen (secondary N) is 1. The van der Waals surface area contributed by atoms with Crippen molar-refractivity contribution in [3.05, 3.63) is 54.1 Å². The maximum atomic E-state index is 13.4. The number of Topliss-reactive ketones (excluding diaryl/α,β-unsaturated/α-hetero) is 1. The Morgan fingerprint density at radius 2 is 2.03 bits per heavy atom. The number of imidazole rings is 1. The molecule has 2 aliphatic rings. The summed E-state index contributed by atoms with van der Waals surface area (Å²) >= 11 is 0. The number of ketones is 1. The Hall–Kier alpha value is -3.42. The van der Waals surface area contributed by atoms with Crippen molar-refractivity contribution in [1.29, 1.82) is 0 Å². The van der Waals surface area contributed by atoms with Crippen LogP contribution in [-0.2, 0) is 11.3 Å². The summed E-state index contributed by atoms with van der Waals surface area (Å²) in [5, 5.41) is 7.00. The number of hydrogen-bond donors (Lipinski definition) is 1. The fourth-order valence-electron chi connectivity index (χ4n) is 4.42. The first-order chi connectivity index (χ1) is 14.3. The van der Waals surface area contributed by atoms with Crippen LogP contribution in [0.1, 0.15) is 49.3 Å². The molecule has 0 bridgehead atoms. The van der Waals surface area contributed by atoms with Gasteiger partial charge in [-0.1, -0.05) is 24.3 Å². The van der Waals surface area contributed by atoms with Gasteiger partial charge in [0.1, 0.15) is 11.3 Å². The van der Waals surface area contributed by atoms with Crippen LogP contribution in [0.15, 0.2) is 42.9 Å². The van der Waals surface area contributed by atoms with E-state index in [1.807, 2.05) is 18.3 Å². The molecule has 8 heteroatoms. The molecule has 1 N–H and O–H groups in total. The van der Waals surface area contributed by atoms with Gasteiger partial charge in [-0.15, -0.1) is 0 Å². The van der Waals surface area contributed by atoms with E-state index in [-0.39, 0.29) is 17.7 Å². The Balaban J connectivity index is 1.43. The zero-order chi connectivity index (χ0) is 21.0. The molecule has 0 fully saturated rings. The largest absolute Gasteiger partial charge is 0.444 e. The summed E-state index contributed by atoms with van der Waals surface area (Å²) in [5.41, 5.74) is 3.20. The van der Waals surface area contributed by atoms with Gasteiger partial charge in [0, 0.05) is 18.2 Å². The number of amides is 1. The Morgan fingerprint density at radius 3 is 2.83 bits per heavy atom. The van der Waals surface area contributed by atoms with Crippen LogP contribution >= 0.6 is 0 Å². The smallest absolute Gasteiger partial charge is 0.413 e. The summed E-state index contributed by atoms with van der Waals surface area (Å²) in [7, 11) is 0. The molecule has 0 radical (unpaired) electrons. The van der Waals surface area contributed by atoms with Gasteiger partial charge in [0.25, 0.3) is 0 Å². The van der Waals surface area contributed by atoms with E-state index in [2.05, 4.69) is 32.1 Å². The molecular formula is C22H23N5O3. The third-order valence-corrected chi connectivity index (χ3v) is 5.55. The van der Waals surface area contributed by atoms with Gasteiger partial charge in [-0.3, -0.25) is 14.8 Å². The number of carbonyl (C=O) groups excluding carboxylic acids is 2. The van der Waals surface area contributed by atoms with Crippen LogP contribution in [0.3, 0.4) is 0 Å². The van der Waals surface area contributed by atoms with E-state index in [0.29, 0.717) is 24.5 Å². The topological polar surface area (TPSA) is 91.0 Å². The zero-order valence-electron chi connectivity index (χ0n) is 17.1. The SMILES string of the molecule is CC(C)(C)OC(=O)Nc1cc2n(n1)CCC(C1c3ccccc3-c3cncn31)C2=O. The van der Waals surface area contributed by atoms with E-state index in [1.165, 1.54) is 0 Å². The highest BCUT2D eigenvalue weighted by atomic mass is 16.6. The number of anilines is 1. The van der Waals surface area contributed by atoms with Gasteiger partial charge in [0.15, 0.2) is 11.6 Å². The molecule has 8 nitrogen and oxygen atoms in total. The predicted molar refractivity (Wildman–Crippen MR) is 110 cm³/mol. The van der Waals surface area contributed by atoms with Crippen LogP contribution < -0.4 is 5.32 Å². The predicted octanol–water partition coefficient (Wildman–Crippen LogP) is 3.90. The van der Waals surface area contributed by atoms with E-state index in [0.717, 1.165) is 16.8 Å². The van der Waals surface area contributed by atoms with Crippen molar-refractivity contribution in [3.63, 3.8) is 0 Å². The maximum absolute atomic E-state index is 13.4. The normalized spacial score (nSPS) is 19.8. The van der Waals surface area contributed by atoms with Crippen LogP contribution in [0.25, 0.3) is 11.3 Å². The van der Waals surface area contributed by atoms with E-state index in [9.17, 15) is 9.59 Å². The first-order valence-electron chi connectivity index (χ1n) is 10.0. The van der Waals surface area contributed by atoms with E-state index < -0.39 is 11.7 Å². The molecule has 1 aromatic carbocycles. The van der Waals surface area contributed by atoms with Crippen molar-refractivity contribution in [2.75, 3.05) is 5.32 Å². The maximum Gasteiger partial charge on any atom is 0.413 e. The summed E-state index contributed by atoms with van der Waals surface area (Å²) < 4.78 is 9.04. The summed E-state index contributed by atoms with van der Waals surface area (Å²) in [5.74, 6) is 0.121. The lowest BCUT2D eigenvalue weighted by atomic mass is 9.84. The van der Waals surface area contributed by atoms with Crippen molar-refractivity contribution in [2.45, 2.75) is 45.4 Å². The number of carbonyl (C=O) groups is 2. The lowest BCUT2D eigenvalue weighted by Gasteiger charge is -2.28. The molecule has 154 valence electrons. The van der Waals surface area contributed by atoms with Gasteiger partial charge in [-0.05, 0) is 32.8 Å². The molecular weight excluding hydrogens is 382 g/mol. The van der Waals surface area contributed by atoms with Gasteiger partial charge in [-0.25, -0.2) is 9.78 Å². The Kier molecular flexibility index (Phi) is 4.06. The fraction of sp³-hybridized carbons (Fsp3) is 0.364. The molecule has 2 aromatic heterocycles. The number of rotatable bonds is 2. The molecule has 2 aliphatic heterocycles. The van der Waals surface area contributed by atoms with Crippen LogP contribution in [0.4, 0.5) is 10.6 Å². The van der Waals surface area contributed by atoms with E-state index >= 15 is 0 Å². The first-order valence-corrected chi connectivity index (χ1v) is 10.0. The van der Waals surface area contributed by atoms with Gasteiger partial charge in [-0.2, -0.15) is 5.10 Å². The molecule has 0 aliphatic carbocycles. The fourth-order valence-corrected chi connectivity index (χ4v) is 4.42. The summed E-state index contributed by atoms with van der Waals surface area (Å²) in [4.78, 5) is 29.8. The molecule has 0 saturated carbocycles. The highest BCUT2D eigenvalue weighted by molar-refractivity contribution is 5.99. The van der Waals surface area contributed by atoms with Gasteiger partial charge >= 0.3 is 6.09 Å². The number of aromatic nitrogens is 4. The van der Waals surface area contributed by atoms with Crippen molar-refractivity contribution in [1.82, 2.24) is 19.3 Å². The summed E-state index contributed by atoms with van der Waals surface area (Å²) in [6.07, 6.45) is 3.72. The monoisotopic (exact) mass is 405 g/mol. The zero-order valence-corrected chi connectivity index (χ0v) is 17.1. The Labute approximate surface area is 173 Å². The molecule has 0 spiro atoms. The molecule has 30 heavy (non-hydrogen) atoms. The number of aryl methyl sites for hydroxylation is 1. The molecule has 2 atom stereocenters. The van der Waals surface area contributed by atoms with E-state index in [4.69, 9.17) is 4.74 Å². The number of hydrogen-bond acceptors (Lipinski definition) is 5. The average molecular weight is 405 g/mol. The summed E-state index contributed by atoms with van der Waals surface area (Å²) in [6, 6.07) is 9.72. The third kappa shape index (κ3) is 2.99. The molecule has 0 saturated heterocycles. The minimum Gasteiger partial charge on any atom is -0.444 e. The molecule has 4 heterocycles. The Morgan fingerprint density at radius 1 is 1.23 bits per heavy atom. The standard InChI is InChI=1S/C22H23N5O3/c1-22(2,3)30-21(29)24-18-10-16-20(28)15(8-9-27(16)25-18)19-14-7-5-4-6-13(14)17-11-23-12-26(17)19/h4-7,10-12,15,19H,8-9H2,1-3H3,(H,24,25,29). The molecule has 3 aromatic rings. The van der Waals surface area contributed by atoms with Crippen molar-refractivity contribution < 1.29 is 14.3 Å². The van der Waals surface area contributed by atoms with Gasteiger partial charge in [0.2, 0.25) is 0 Å². The van der Waals surface area contributed by atoms with Crippen LogP contribution in [-0.4, -0.2) is 36.8 Å². The van der Waals surface area contributed by atoms with Crippen LogP contribution in [0, 0.1) is 5.92 Å². The molecule has 1 amide bonds. The van der Waals surface area contributed by atoms with Crippen molar-refractivity contribution in [3.8, 4) is 11.3 Å². The highest BCUT2D eigenvalue weighted by Crippen LogP contribution is 2.45. The van der Waals surface area contributed by atoms with Crippen LogP contribution in [0.2, 0.25) is 0 Å². The second-order valence-corrected chi connectivity index (χ2v) is 8.74. The first kappa shape index (κ1) is 18.6.